The molecular formula is C22H25FN4O3. The Morgan fingerprint density at radius 2 is 2.07 bits per heavy atom. The quantitative estimate of drug-likeness (QED) is 0.832. The second kappa shape index (κ2) is 8.87. The van der Waals surface area contributed by atoms with E-state index in [9.17, 15) is 14.0 Å². The van der Waals surface area contributed by atoms with Crippen LogP contribution >= 0.6 is 0 Å². The second-order valence-electron chi connectivity index (χ2n) is 8.01. The fourth-order valence-electron chi connectivity index (χ4n) is 4.29. The minimum atomic E-state index is -0.330. The van der Waals surface area contributed by atoms with Gasteiger partial charge >= 0.3 is 0 Å². The van der Waals surface area contributed by atoms with E-state index in [0.29, 0.717) is 30.8 Å². The van der Waals surface area contributed by atoms with E-state index in [0.717, 1.165) is 25.7 Å². The van der Waals surface area contributed by atoms with E-state index in [-0.39, 0.29) is 35.7 Å². The van der Waals surface area contributed by atoms with Gasteiger partial charge in [0.1, 0.15) is 5.82 Å². The van der Waals surface area contributed by atoms with Crippen LogP contribution in [0.3, 0.4) is 0 Å². The first kappa shape index (κ1) is 20.4. The van der Waals surface area contributed by atoms with Crippen molar-refractivity contribution in [3.8, 4) is 0 Å². The number of nitrogens with one attached hydrogen (secondary N) is 1. The monoisotopic (exact) mass is 412 g/mol. The van der Waals surface area contributed by atoms with Crippen LogP contribution in [0.25, 0.3) is 0 Å². The second-order valence-corrected chi connectivity index (χ2v) is 8.01. The van der Waals surface area contributed by atoms with Crippen LogP contribution in [-0.2, 0) is 16.0 Å². The van der Waals surface area contributed by atoms with Gasteiger partial charge in [0.05, 0.1) is 30.0 Å². The van der Waals surface area contributed by atoms with Crippen LogP contribution in [0.15, 0.2) is 42.7 Å². The third-order valence-corrected chi connectivity index (χ3v) is 5.95. The van der Waals surface area contributed by atoms with E-state index in [1.54, 1.807) is 18.2 Å². The molecule has 2 fully saturated rings. The number of likely N-dealkylation sites (tertiary alicyclic amines) is 1. The lowest BCUT2D eigenvalue weighted by Crippen LogP contribution is -2.54. The number of piperidine rings is 1. The highest BCUT2D eigenvalue weighted by Gasteiger charge is 2.41. The fourth-order valence-corrected chi connectivity index (χ4v) is 4.29. The van der Waals surface area contributed by atoms with Gasteiger partial charge in [-0.05, 0) is 49.4 Å². The van der Waals surface area contributed by atoms with Gasteiger partial charge in [0.15, 0.2) is 0 Å². The molecule has 2 aliphatic heterocycles. The summed E-state index contributed by atoms with van der Waals surface area (Å²) in [7, 11) is 0. The Labute approximate surface area is 174 Å². The molecule has 2 saturated heterocycles. The topological polar surface area (TPSA) is 84.4 Å². The van der Waals surface area contributed by atoms with Crippen molar-refractivity contribution < 1.29 is 18.7 Å². The highest BCUT2D eigenvalue weighted by atomic mass is 19.1. The molecule has 1 atom stereocenters. The molecule has 1 N–H and O–H groups in total. The number of amides is 2. The van der Waals surface area contributed by atoms with E-state index in [1.807, 2.05) is 4.90 Å². The van der Waals surface area contributed by atoms with Gasteiger partial charge in [0.2, 0.25) is 5.91 Å². The molecule has 3 heterocycles. The van der Waals surface area contributed by atoms with Gasteiger partial charge in [-0.15, -0.1) is 0 Å². The molecule has 1 aromatic heterocycles. The standard InChI is InChI=1S/C22H25FN4O3/c23-18-3-1-2-16(12-18)13-20(28)27-9-6-22(7-10-27)14-19(5-11-30-22)26-21(29)17-4-8-24-25-15-17/h1-4,8,12,15,19H,5-7,9-11,13-14H2,(H,26,29)/t19-/m0/s1. The number of aromatic nitrogens is 2. The molecule has 0 aliphatic carbocycles. The largest absolute Gasteiger partial charge is 0.375 e. The number of ether oxygens (including phenoxy) is 1. The third kappa shape index (κ3) is 4.81. The lowest BCUT2D eigenvalue weighted by atomic mass is 9.82. The zero-order valence-corrected chi connectivity index (χ0v) is 16.7. The van der Waals surface area contributed by atoms with Crippen molar-refractivity contribution in [2.45, 2.75) is 43.7 Å². The number of hydrogen-bond acceptors (Lipinski definition) is 5. The van der Waals surface area contributed by atoms with Crippen molar-refractivity contribution in [2.24, 2.45) is 0 Å². The van der Waals surface area contributed by atoms with Crippen molar-refractivity contribution in [3.05, 3.63) is 59.7 Å². The smallest absolute Gasteiger partial charge is 0.253 e. The van der Waals surface area contributed by atoms with Crippen LogP contribution in [0, 0.1) is 5.82 Å². The average molecular weight is 412 g/mol. The van der Waals surface area contributed by atoms with Gasteiger partial charge in [-0.1, -0.05) is 12.1 Å². The maximum absolute atomic E-state index is 13.4. The summed E-state index contributed by atoms with van der Waals surface area (Å²) in [5.74, 6) is -0.486. The molecule has 2 amide bonds. The fraction of sp³-hybridized carbons (Fsp3) is 0.455. The zero-order chi connectivity index (χ0) is 21.0. The molecule has 30 heavy (non-hydrogen) atoms. The average Bonchev–Trinajstić information content (AvgIpc) is 2.75. The SMILES string of the molecule is O=C(N[C@H]1CCOC2(CCN(C(=O)Cc3cccc(F)c3)CC2)C1)c1ccnnc1. The van der Waals surface area contributed by atoms with E-state index in [1.165, 1.54) is 24.5 Å². The highest BCUT2D eigenvalue weighted by molar-refractivity contribution is 5.93. The minimum absolute atomic E-state index is 0.00120. The molecular weight excluding hydrogens is 387 g/mol. The first-order chi connectivity index (χ1) is 14.5. The number of nitrogens with zero attached hydrogens (tertiary/aromatic N) is 3. The zero-order valence-electron chi connectivity index (χ0n) is 16.7. The molecule has 2 aromatic rings. The minimum Gasteiger partial charge on any atom is -0.375 e. The third-order valence-electron chi connectivity index (χ3n) is 5.95. The molecule has 2 aliphatic rings. The molecule has 0 radical (unpaired) electrons. The Hall–Kier alpha value is -2.87. The summed E-state index contributed by atoms with van der Waals surface area (Å²) in [5.41, 5.74) is 0.855. The van der Waals surface area contributed by atoms with Crippen molar-refractivity contribution in [2.75, 3.05) is 19.7 Å². The van der Waals surface area contributed by atoms with E-state index in [4.69, 9.17) is 4.74 Å². The van der Waals surface area contributed by atoms with Crippen molar-refractivity contribution in [1.29, 1.82) is 0 Å². The van der Waals surface area contributed by atoms with Gasteiger partial charge < -0.3 is 15.0 Å². The first-order valence-corrected chi connectivity index (χ1v) is 10.3. The molecule has 0 bridgehead atoms. The summed E-state index contributed by atoms with van der Waals surface area (Å²) >= 11 is 0. The Morgan fingerprint density at radius 1 is 1.23 bits per heavy atom. The molecule has 7 nitrogen and oxygen atoms in total. The summed E-state index contributed by atoms with van der Waals surface area (Å²) in [6.07, 6.45) is 6.09. The lowest BCUT2D eigenvalue weighted by Gasteiger charge is -2.46. The van der Waals surface area contributed by atoms with Gasteiger partial charge in [-0.2, -0.15) is 10.2 Å². The summed E-state index contributed by atoms with van der Waals surface area (Å²) < 4.78 is 19.5. The number of carbonyl (C=O) groups excluding carboxylic acids is 2. The van der Waals surface area contributed by atoms with Crippen molar-refractivity contribution in [3.63, 3.8) is 0 Å². The Morgan fingerprint density at radius 3 is 2.80 bits per heavy atom. The van der Waals surface area contributed by atoms with Crippen LogP contribution in [0.2, 0.25) is 0 Å². The lowest BCUT2D eigenvalue weighted by molar-refractivity contribution is -0.143. The van der Waals surface area contributed by atoms with Crippen LogP contribution < -0.4 is 5.32 Å². The predicted molar refractivity (Wildman–Crippen MR) is 107 cm³/mol. The number of benzene rings is 1. The maximum Gasteiger partial charge on any atom is 0.253 e. The predicted octanol–water partition coefficient (Wildman–Crippen LogP) is 2.13. The normalized spacial score (nSPS) is 20.7. The Kier molecular flexibility index (Phi) is 6.03. The van der Waals surface area contributed by atoms with E-state index in [2.05, 4.69) is 15.5 Å². The summed E-state index contributed by atoms with van der Waals surface area (Å²) in [5, 5.41) is 10.5. The van der Waals surface area contributed by atoms with Crippen molar-refractivity contribution >= 4 is 11.8 Å². The van der Waals surface area contributed by atoms with Gasteiger partial charge in [0.25, 0.3) is 5.91 Å². The molecule has 0 unspecified atom stereocenters. The number of carbonyl (C=O) groups is 2. The molecule has 0 saturated carbocycles. The Bertz CT molecular complexity index is 900. The number of rotatable bonds is 4. The Balaban J connectivity index is 1.31. The first-order valence-electron chi connectivity index (χ1n) is 10.3. The van der Waals surface area contributed by atoms with Gasteiger partial charge in [-0.25, -0.2) is 4.39 Å². The molecule has 1 aromatic carbocycles. The van der Waals surface area contributed by atoms with Crippen LogP contribution in [0.4, 0.5) is 4.39 Å². The van der Waals surface area contributed by atoms with E-state index >= 15 is 0 Å². The molecule has 1 spiro atoms. The van der Waals surface area contributed by atoms with E-state index < -0.39 is 0 Å². The van der Waals surface area contributed by atoms with Crippen LogP contribution in [0.1, 0.15) is 41.6 Å². The number of hydrogen-bond donors (Lipinski definition) is 1. The highest BCUT2D eigenvalue weighted by Crippen LogP contribution is 2.35. The van der Waals surface area contributed by atoms with Gasteiger partial charge in [-0.3, -0.25) is 9.59 Å². The summed E-state index contributed by atoms with van der Waals surface area (Å²) in [6.45, 7) is 1.78. The van der Waals surface area contributed by atoms with Crippen LogP contribution in [-0.4, -0.2) is 58.3 Å². The molecule has 158 valence electrons. The summed E-state index contributed by atoms with van der Waals surface area (Å²) in [4.78, 5) is 26.9. The molecule has 4 rings (SSSR count). The van der Waals surface area contributed by atoms with Crippen LogP contribution in [0.5, 0.6) is 0 Å². The molecule has 8 heteroatoms. The number of halogens is 1. The van der Waals surface area contributed by atoms with Crippen molar-refractivity contribution in [1.82, 2.24) is 20.4 Å². The van der Waals surface area contributed by atoms with Gasteiger partial charge in [0, 0.05) is 25.7 Å². The summed E-state index contributed by atoms with van der Waals surface area (Å²) in [6, 6.07) is 7.82. The maximum atomic E-state index is 13.4.